The van der Waals surface area contributed by atoms with Crippen molar-refractivity contribution in [1.29, 1.82) is 0 Å². The maximum Gasteiger partial charge on any atom is 0.178 e. The molecule has 0 saturated carbocycles. The molecule has 5 rings (SSSR count). The first kappa shape index (κ1) is 15.7. The summed E-state index contributed by atoms with van der Waals surface area (Å²) >= 11 is 0. The molecule has 8 heteroatoms. The van der Waals surface area contributed by atoms with E-state index in [0.29, 0.717) is 5.92 Å². The van der Waals surface area contributed by atoms with Crippen LogP contribution in [0.3, 0.4) is 0 Å². The smallest absolute Gasteiger partial charge is 0.178 e. The molecule has 136 valence electrons. The van der Waals surface area contributed by atoms with Gasteiger partial charge in [0.2, 0.25) is 0 Å². The molecule has 8 nitrogen and oxygen atoms in total. The van der Waals surface area contributed by atoms with E-state index in [1.807, 2.05) is 23.7 Å². The highest BCUT2D eigenvalue weighted by molar-refractivity contribution is 5.47. The van der Waals surface area contributed by atoms with Gasteiger partial charge in [0.1, 0.15) is 11.6 Å². The van der Waals surface area contributed by atoms with Gasteiger partial charge in [-0.15, -0.1) is 15.3 Å². The molecule has 0 radical (unpaired) electrons. The van der Waals surface area contributed by atoms with Crippen molar-refractivity contribution in [2.75, 3.05) is 31.1 Å². The summed E-state index contributed by atoms with van der Waals surface area (Å²) in [6.45, 7) is 7.14. The van der Waals surface area contributed by atoms with Gasteiger partial charge >= 0.3 is 0 Å². The van der Waals surface area contributed by atoms with Gasteiger partial charge in [-0.25, -0.2) is 0 Å². The molecule has 0 atom stereocenters. The number of hydrogen-bond donors (Lipinski definition) is 0. The molecule has 5 heterocycles. The summed E-state index contributed by atoms with van der Waals surface area (Å²) in [6, 6.07) is 4.08. The molecule has 0 aromatic carbocycles. The number of anilines is 1. The lowest BCUT2D eigenvalue weighted by Gasteiger charge is -2.32. The number of piperidine rings is 1. The van der Waals surface area contributed by atoms with Gasteiger partial charge in [0.25, 0.3) is 0 Å². The lowest BCUT2D eigenvalue weighted by atomic mass is 9.96. The van der Waals surface area contributed by atoms with Crippen molar-refractivity contribution in [3.63, 3.8) is 0 Å². The molecule has 2 aliphatic rings. The van der Waals surface area contributed by atoms with E-state index in [1.54, 1.807) is 0 Å². The average Bonchev–Trinajstić information content (AvgIpc) is 3.20. The predicted octanol–water partition coefficient (Wildman–Crippen LogP) is 2.01. The molecule has 2 saturated heterocycles. The zero-order valence-electron chi connectivity index (χ0n) is 15.0. The Morgan fingerprint density at radius 3 is 2.65 bits per heavy atom. The topological polar surface area (TPSA) is 75.6 Å². The Balaban J connectivity index is 1.31. The van der Waals surface area contributed by atoms with Crippen LogP contribution in [0.2, 0.25) is 0 Å². The molecule has 0 aliphatic carbocycles. The van der Waals surface area contributed by atoms with Crippen LogP contribution < -0.4 is 4.90 Å². The van der Waals surface area contributed by atoms with Crippen molar-refractivity contribution in [3.05, 3.63) is 35.5 Å². The molecule has 0 amide bonds. The molecular formula is C18H23N7O. The largest absolute Gasteiger partial charge is 0.361 e. The number of likely N-dealkylation sites (tertiary alicyclic amines) is 1. The Bertz CT molecular complexity index is 905. The second-order valence-corrected chi connectivity index (χ2v) is 7.32. The van der Waals surface area contributed by atoms with E-state index in [0.717, 1.165) is 68.6 Å². The zero-order valence-corrected chi connectivity index (χ0v) is 15.0. The fourth-order valence-electron chi connectivity index (χ4n) is 3.83. The normalized spacial score (nSPS) is 19.2. The zero-order chi connectivity index (χ0) is 17.5. The summed E-state index contributed by atoms with van der Waals surface area (Å²) in [7, 11) is 0. The summed E-state index contributed by atoms with van der Waals surface area (Å²) < 4.78 is 7.12. The second kappa shape index (κ2) is 6.35. The fraction of sp³-hybridized carbons (Fsp3) is 0.556. The van der Waals surface area contributed by atoms with Crippen LogP contribution >= 0.6 is 0 Å². The standard InChI is InChI=1S/C18H23N7O/c1-13-15(11-19-26-13)12-23-9-5-14(6-10-23)18-21-20-16-3-4-17(22-25(16)18)24-7-2-8-24/h3-4,11,14H,2,5-10,12H2,1H3. The van der Waals surface area contributed by atoms with Gasteiger partial charge in [-0.2, -0.15) is 4.52 Å². The van der Waals surface area contributed by atoms with E-state index in [1.165, 1.54) is 12.0 Å². The number of nitrogens with zero attached hydrogens (tertiary/aromatic N) is 7. The number of aryl methyl sites for hydroxylation is 1. The molecule has 0 bridgehead atoms. The van der Waals surface area contributed by atoms with Gasteiger partial charge in [-0.1, -0.05) is 5.16 Å². The fourth-order valence-corrected chi connectivity index (χ4v) is 3.83. The first-order chi connectivity index (χ1) is 12.8. The maximum atomic E-state index is 5.17. The van der Waals surface area contributed by atoms with Gasteiger partial charge in [-0.3, -0.25) is 4.90 Å². The van der Waals surface area contributed by atoms with Gasteiger partial charge < -0.3 is 9.42 Å². The Kier molecular flexibility index (Phi) is 3.85. The lowest BCUT2D eigenvalue weighted by Crippen LogP contribution is -2.38. The van der Waals surface area contributed by atoms with E-state index in [4.69, 9.17) is 9.62 Å². The summed E-state index contributed by atoms with van der Waals surface area (Å²) in [4.78, 5) is 4.76. The summed E-state index contributed by atoms with van der Waals surface area (Å²) in [5, 5.41) is 17.5. The third-order valence-electron chi connectivity index (χ3n) is 5.65. The lowest BCUT2D eigenvalue weighted by molar-refractivity contribution is 0.200. The molecule has 0 N–H and O–H groups in total. The van der Waals surface area contributed by atoms with Crippen LogP contribution in [0.1, 0.15) is 42.3 Å². The third kappa shape index (κ3) is 2.74. The molecule has 3 aromatic heterocycles. The Morgan fingerprint density at radius 1 is 1.12 bits per heavy atom. The highest BCUT2D eigenvalue weighted by Gasteiger charge is 2.26. The first-order valence-electron chi connectivity index (χ1n) is 9.38. The Morgan fingerprint density at radius 2 is 1.96 bits per heavy atom. The van der Waals surface area contributed by atoms with Crippen molar-refractivity contribution in [3.8, 4) is 0 Å². The van der Waals surface area contributed by atoms with Crippen molar-refractivity contribution in [2.24, 2.45) is 0 Å². The molecule has 26 heavy (non-hydrogen) atoms. The number of rotatable bonds is 4. The van der Waals surface area contributed by atoms with E-state index in [2.05, 4.69) is 31.2 Å². The SMILES string of the molecule is Cc1oncc1CN1CCC(c2nnc3ccc(N4CCC4)nn23)CC1. The minimum Gasteiger partial charge on any atom is -0.361 e. The molecule has 0 spiro atoms. The van der Waals surface area contributed by atoms with E-state index in [-0.39, 0.29) is 0 Å². The summed E-state index contributed by atoms with van der Waals surface area (Å²) in [6.07, 6.45) is 5.22. The minimum atomic E-state index is 0.406. The van der Waals surface area contributed by atoms with Crippen molar-refractivity contribution < 1.29 is 4.52 Å². The van der Waals surface area contributed by atoms with Crippen LogP contribution in [0.4, 0.5) is 5.82 Å². The molecule has 2 fully saturated rings. The van der Waals surface area contributed by atoms with Crippen molar-refractivity contribution in [2.45, 2.75) is 38.6 Å². The van der Waals surface area contributed by atoms with Crippen LogP contribution in [-0.2, 0) is 6.54 Å². The van der Waals surface area contributed by atoms with E-state index < -0.39 is 0 Å². The van der Waals surface area contributed by atoms with Crippen molar-refractivity contribution in [1.82, 2.24) is 29.9 Å². The highest BCUT2D eigenvalue weighted by Crippen LogP contribution is 2.28. The molecule has 3 aromatic rings. The molecule has 0 unspecified atom stereocenters. The Hall–Kier alpha value is -2.48. The minimum absolute atomic E-state index is 0.406. The van der Waals surface area contributed by atoms with Crippen LogP contribution in [0.5, 0.6) is 0 Å². The van der Waals surface area contributed by atoms with Gasteiger partial charge in [-0.05, 0) is 51.4 Å². The van der Waals surface area contributed by atoms with Gasteiger partial charge in [0.15, 0.2) is 11.5 Å². The quantitative estimate of drug-likeness (QED) is 0.710. The molecule has 2 aliphatic heterocycles. The summed E-state index contributed by atoms with van der Waals surface area (Å²) in [5.41, 5.74) is 2.02. The van der Waals surface area contributed by atoms with Crippen LogP contribution in [0, 0.1) is 6.92 Å². The van der Waals surface area contributed by atoms with E-state index >= 15 is 0 Å². The third-order valence-corrected chi connectivity index (χ3v) is 5.65. The number of fused-ring (bicyclic) bond motifs is 1. The second-order valence-electron chi connectivity index (χ2n) is 7.32. The van der Waals surface area contributed by atoms with Gasteiger partial charge in [0.05, 0.1) is 6.20 Å². The van der Waals surface area contributed by atoms with Crippen molar-refractivity contribution >= 4 is 11.5 Å². The average molecular weight is 353 g/mol. The first-order valence-corrected chi connectivity index (χ1v) is 9.38. The number of aromatic nitrogens is 5. The Labute approximate surface area is 151 Å². The summed E-state index contributed by atoms with van der Waals surface area (Å²) in [5.74, 6) is 3.36. The monoisotopic (exact) mass is 353 g/mol. The molecular weight excluding hydrogens is 330 g/mol. The van der Waals surface area contributed by atoms with Crippen LogP contribution in [0.15, 0.2) is 22.9 Å². The van der Waals surface area contributed by atoms with Crippen LogP contribution in [-0.4, -0.2) is 56.0 Å². The number of hydrogen-bond acceptors (Lipinski definition) is 7. The van der Waals surface area contributed by atoms with Gasteiger partial charge in [0, 0.05) is 31.1 Å². The van der Waals surface area contributed by atoms with E-state index in [9.17, 15) is 0 Å². The maximum absolute atomic E-state index is 5.17. The predicted molar refractivity (Wildman–Crippen MR) is 96.1 cm³/mol. The highest BCUT2D eigenvalue weighted by atomic mass is 16.5. The van der Waals surface area contributed by atoms with Crippen LogP contribution in [0.25, 0.3) is 5.65 Å².